The quantitative estimate of drug-likeness (QED) is 0.739. The van der Waals surface area contributed by atoms with E-state index >= 15 is 0 Å². The number of halogens is 1. The van der Waals surface area contributed by atoms with E-state index in [2.05, 4.69) is 15.1 Å². The number of fused-ring (bicyclic) bond motifs is 2. The standard InChI is InChI=1S/C23H28ClN3O3/c1-16-3-2-4-19-22(18-6-5-17(24)15-20(18)30-23(16)19)25-21(29)7-8-26-9-11-27(12-10-26)13-14-28/h2-6,15,22,28H,7-14H2,1H3,(H,25,29). The van der Waals surface area contributed by atoms with Gasteiger partial charge in [0.2, 0.25) is 5.91 Å². The molecule has 30 heavy (non-hydrogen) atoms. The summed E-state index contributed by atoms with van der Waals surface area (Å²) >= 11 is 6.17. The molecule has 7 heteroatoms. The van der Waals surface area contributed by atoms with E-state index in [0.29, 0.717) is 17.2 Å². The lowest BCUT2D eigenvalue weighted by Crippen LogP contribution is -2.48. The number of benzene rings is 2. The number of ether oxygens (including phenoxy) is 1. The number of aliphatic hydroxyl groups excluding tert-OH is 1. The van der Waals surface area contributed by atoms with E-state index in [1.165, 1.54) is 0 Å². The number of carbonyl (C=O) groups is 1. The third kappa shape index (κ3) is 4.62. The van der Waals surface area contributed by atoms with Crippen molar-refractivity contribution in [3.63, 3.8) is 0 Å². The number of hydrogen-bond acceptors (Lipinski definition) is 5. The van der Waals surface area contributed by atoms with Gasteiger partial charge in [-0.2, -0.15) is 0 Å². The van der Waals surface area contributed by atoms with Gasteiger partial charge in [0.25, 0.3) is 0 Å². The van der Waals surface area contributed by atoms with Crippen LogP contribution in [-0.2, 0) is 4.79 Å². The van der Waals surface area contributed by atoms with Gasteiger partial charge in [-0.15, -0.1) is 0 Å². The lowest BCUT2D eigenvalue weighted by molar-refractivity contribution is -0.122. The first kappa shape index (κ1) is 21.1. The summed E-state index contributed by atoms with van der Waals surface area (Å²) in [7, 11) is 0. The second-order valence-corrected chi connectivity index (χ2v) is 8.37. The van der Waals surface area contributed by atoms with Crippen LogP contribution < -0.4 is 10.1 Å². The molecule has 2 N–H and O–H groups in total. The Hall–Kier alpha value is -2.12. The molecule has 2 aromatic rings. The molecule has 1 saturated heterocycles. The van der Waals surface area contributed by atoms with Crippen molar-refractivity contribution in [2.45, 2.75) is 19.4 Å². The molecule has 160 valence electrons. The number of rotatable bonds is 6. The Bertz CT molecular complexity index is 913. The minimum Gasteiger partial charge on any atom is -0.456 e. The smallest absolute Gasteiger partial charge is 0.222 e. The van der Waals surface area contributed by atoms with Crippen molar-refractivity contribution < 1.29 is 14.6 Å². The first-order valence-electron chi connectivity index (χ1n) is 10.5. The maximum absolute atomic E-state index is 12.8. The lowest BCUT2D eigenvalue weighted by Gasteiger charge is -2.34. The second-order valence-electron chi connectivity index (χ2n) is 7.93. The number of β-amino-alcohol motifs (C(OH)–C–C–N with tert-alkyl or cyclic N) is 1. The maximum Gasteiger partial charge on any atom is 0.222 e. The number of para-hydroxylation sites is 1. The summed E-state index contributed by atoms with van der Waals surface area (Å²) in [6, 6.07) is 11.3. The van der Waals surface area contributed by atoms with E-state index < -0.39 is 0 Å². The topological polar surface area (TPSA) is 65.0 Å². The molecule has 1 atom stereocenters. The van der Waals surface area contributed by atoms with Crippen molar-refractivity contribution in [2.75, 3.05) is 45.9 Å². The molecular weight excluding hydrogens is 402 g/mol. The van der Waals surface area contributed by atoms with Crippen LogP contribution in [0.2, 0.25) is 5.02 Å². The predicted molar refractivity (Wildman–Crippen MR) is 117 cm³/mol. The molecule has 1 amide bonds. The molecule has 0 spiro atoms. The highest BCUT2D eigenvalue weighted by Crippen LogP contribution is 2.45. The molecular formula is C23H28ClN3O3. The van der Waals surface area contributed by atoms with E-state index in [-0.39, 0.29) is 18.6 Å². The van der Waals surface area contributed by atoms with Crippen LogP contribution in [-0.4, -0.2) is 66.7 Å². The SMILES string of the molecule is Cc1cccc2c1Oc1cc(Cl)ccc1C2NC(=O)CCN1CCN(CCO)CC1. The van der Waals surface area contributed by atoms with E-state index in [4.69, 9.17) is 21.4 Å². The van der Waals surface area contributed by atoms with Crippen molar-refractivity contribution in [3.8, 4) is 11.5 Å². The average molecular weight is 430 g/mol. The fraction of sp³-hybridized carbons (Fsp3) is 0.435. The summed E-state index contributed by atoms with van der Waals surface area (Å²) in [6.45, 7) is 7.37. The monoisotopic (exact) mass is 429 g/mol. The van der Waals surface area contributed by atoms with Crippen LogP contribution in [0.1, 0.15) is 29.2 Å². The van der Waals surface area contributed by atoms with Gasteiger partial charge in [-0.05, 0) is 24.6 Å². The lowest BCUT2D eigenvalue weighted by atomic mass is 9.93. The van der Waals surface area contributed by atoms with Gasteiger partial charge in [0.1, 0.15) is 11.5 Å². The van der Waals surface area contributed by atoms with Crippen LogP contribution in [0.3, 0.4) is 0 Å². The normalized spacial score (nSPS) is 19.0. The number of carbonyl (C=O) groups excluding carboxylic acids is 1. The Balaban J connectivity index is 1.43. The molecule has 2 aliphatic heterocycles. The zero-order chi connectivity index (χ0) is 21.1. The van der Waals surface area contributed by atoms with Crippen LogP contribution >= 0.6 is 11.6 Å². The number of nitrogens with zero attached hydrogens (tertiary/aromatic N) is 2. The fourth-order valence-corrected chi connectivity index (χ4v) is 4.34. The van der Waals surface area contributed by atoms with Crippen molar-refractivity contribution in [1.29, 1.82) is 0 Å². The van der Waals surface area contributed by atoms with Crippen LogP contribution in [0.5, 0.6) is 11.5 Å². The molecule has 2 aromatic carbocycles. The zero-order valence-electron chi connectivity index (χ0n) is 17.2. The third-order valence-electron chi connectivity index (χ3n) is 5.89. The number of nitrogens with one attached hydrogen (secondary N) is 1. The number of piperazine rings is 1. The van der Waals surface area contributed by atoms with Crippen molar-refractivity contribution in [2.24, 2.45) is 0 Å². The van der Waals surface area contributed by atoms with Crippen LogP contribution in [0, 0.1) is 6.92 Å². The Morgan fingerprint density at radius 2 is 1.87 bits per heavy atom. The first-order chi connectivity index (χ1) is 14.5. The van der Waals surface area contributed by atoms with Gasteiger partial charge in [-0.3, -0.25) is 9.69 Å². The molecule has 2 heterocycles. The average Bonchev–Trinajstić information content (AvgIpc) is 2.74. The second kappa shape index (κ2) is 9.35. The maximum atomic E-state index is 12.8. The van der Waals surface area contributed by atoms with Crippen LogP contribution in [0.4, 0.5) is 0 Å². The Morgan fingerprint density at radius 3 is 2.60 bits per heavy atom. The minimum atomic E-state index is -0.255. The molecule has 4 rings (SSSR count). The van der Waals surface area contributed by atoms with Gasteiger partial charge in [0, 0.05) is 61.8 Å². The minimum absolute atomic E-state index is 0.0213. The van der Waals surface area contributed by atoms with E-state index in [9.17, 15) is 4.79 Å². The fourth-order valence-electron chi connectivity index (χ4n) is 4.18. The van der Waals surface area contributed by atoms with Gasteiger partial charge in [-0.1, -0.05) is 35.9 Å². The summed E-state index contributed by atoms with van der Waals surface area (Å²) in [4.78, 5) is 17.4. The van der Waals surface area contributed by atoms with E-state index in [1.54, 1.807) is 6.07 Å². The van der Waals surface area contributed by atoms with Gasteiger partial charge < -0.3 is 20.1 Å². The molecule has 0 aromatic heterocycles. The molecule has 0 aliphatic carbocycles. The Morgan fingerprint density at radius 1 is 1.13 bits per heavy atom. The van der Waals surface area contributed by atoms with Gasteiger partial charge in [-0.25, -0.2) is 0 Å². The predicted octanol–water partition coefficient (Wildman–Crippen LogP) is 2.96. The van der Waals surface area contributed by atoms with Gasteiger partial charge in [0.05, 0.1) is 12.6 Å². The zero-order valence-corrected chi connectivity index (χ0v) is 18.0. The number of aliphatic hydroxyl groups is 1. The van der Waals surface area contributed by atoms with Gasteiger partial charge >= 0.3 is 0 Å². The Kier molecular flexibility index (Phi) is 6.58. The van der Waals surface area contributed by atoms with Crippen LogP contribution in [0.25, 0.3) is 0 Å². The van der Waals surface area contributed by atoms with E-state index in [0.717, 1.165) is 61.7 Å². The van der Waals surface area contributed by atoms with Crippen LogP contribution in [0.15, 0.2) is 36.4 Å². The molecule has 1 fully saturated rings. The summed E-state index contributed by atoms with van der Waals surface area (Å²) in [5, 5.41) is 12.9. The van der Waals surface area contributed by atoms with E-state index in [1.807, 2.05) is 37.3 Å². The molecule has 0 radical (unpaired) electrons. The summed E-state index contributed by atoms with van der Waals surface area (Å²) in [5.41, 5.74) is 2.91. The third-order valence-corrected chi connectivity index (χ3v) is 6.13. The van der Waals surface area contributed by atoms with Crippen molar-refractivity contribution in [3.05, 3.63) is 58.1 Å². The highest BCUT2D eigenvalue weighted by molar-refractivity contribution is 6.30. The molecule has 0 saturated carbocycles. The molecule has 0 bridgehead atoms. The number of amides is 1. The van der Waals surface area contributed by atoms with Gasteiger partial charge in [0.15, 0.2) is 0 Å². The Labute approximate surface area is 182 Å². The number of aryl methyl sites for hydroxylation is 1. The highest BCUT2D eigenvalue weighted by Gasteiger charge is 2.29. The summed E-state index contributed by atoms with van der Waals surface area (Å²) < 4.78 is 6.12. The molecule has 6 nitrogen and oxygen atoms in total. The highest BCUT2D eigenvalue weighted by atomic mass is 35.5. The molecule has 2 aliphatic rings. The summed E-state index contributed by atoms with van der Waals surface area (Å²) in [6.07, 6.45) is 0.446. The van der Waals surface area contributed by atoms with Crippen molar-refractivity contribution in [1.82, 2.24) is 15.1 Å². The number of hydrogen-bond donors (Lipinski definition) is 2. The largest absolute Gasteiger partial charge is 0.456 e. The summed E-state index contributed by atoms with van der Waals surface area (Å²) in [5.74, 6) is 1.50. The van der Waals surface area contributed by atoms with Crippen molar-refractivity contribution >= 4 is 17.5 Å². The first-order valence-corrected chi connectivity index (χ1v) is 10.8. The molecule has 1 unspecified atom stereocenters.